The maximum absolute atomic E-state index is 13.5. The van der Waals surface area contributed by atoms with Gasteiger partial charge in [-0.1, -0.05) is 18.2 Å². The van der Waals surface area contributed by atoms with Crippen LogP contribution in [0.4, 0.5) is 8.78 Å². The number of aromatic nitrogens is 1. The third-order valence-corrected chi connectivity index (χ3v) is 4.21. The van der Waals surface area contributed by atoms with Crippen LogP contribution >= 0.6 is 0 Å². The van der Waals surface area contributed by atoms with Crippen molar-refractivity contribution in [1.82, 2.24) is 9.99 Å². The van der Waals surface area contributed by atoms with Crippen molar-refractivity contribution in [2.75, 3.05) is 0 Å². The molecule has 0 aliphatic carbocycles. The first-order valence-corrected chi connectivity index (χ1v) is 8.45. The number of benzene rings is 2. The van der Waals surface area contributed by atoms with E-state index in [1.54, 1.807) is 24.4 Å². The van der Waals surface area contributed by atoms with Gasteiger partial charge in [0.2, 0.25) is 5.91 Å². The summed E-state index contributed by atoms with van der Waals surface area (Å²) in [5.74, 6) is -0.939. The lowest BCUT2D eigenvalue weighted by Gasteiger charge is -2.09. The fourth-order valence-corrected chi connectivity index (χ4v) is 2.93. The zero-order valence-electron chi connectivity index (χ0n) is 15.0. The predicted octanol–water partition coefficient (Wildman–Crippen LogP) is 4.07. The summed E-state index contributed by atoms with van der Waals surface area (Å²) in [6.45, 7) is 3.82. The number of rotatable bonds is 5. The van der Waals surface area contributed by atoms with Gasteiger partial charge in [-0.15, -0.1) is 0 Å². The van der Waals surface area contributed by atoms with Gasteiger partial charge in [-0.05, 0) is 55.8 Å². The fraction of sp³-hybridized carbons (Fsp3) is 0.143. The number of nitrogens with zero attached hydrogens (tertiary/aromatic N) is 2. The topological polar surface area (TPSA) is 46.4 Å². The number of amides is 1. The highest BCUT2D eigenvalue weighted by Gasteiger charge is 2.10. The Morgan fingerprint density at radius 3 is 2.52 bits per heavy atom. The molecule has 6 heteroatoms. The molecule has 3 aromatic rings. The van der Waals surface area contributed by atoms with E-state index in [0.717, 1.165) is 22.6 Å². The number of carbonyl (C=O) groups excluding carboxylic acids is 1. The molecule has 0 bridgehead atoms. The predicted molar refractivity (Wildman–Crippen MR) is 101 cm³/mol. The van der Waals surface area contributed by atoms with Gasteiger partial charge in [0.05, 0.1) is 12.6 Å². The van der Waals surface area contributed by atoms with Crippen LogP contribution in [0.15, 0.2) is 59.7 Å². The lowest BCUT2D eigenvalue weighted by molar-refractivity contribution is -0.120. The van der Waals surface area contributed by atoms with Crippen LogP contribution in [0.3, 0.4) is 0 Å². The van der Waals surface area contributed by atoms with Gasteiger partial charge in [0, 0.05) is 22.6 Å². The minimum Gasteiger partial charge on any atom is -0.318 e. The summed E-state index contributed by atoms with van der Waals surface area (Å²) in [4.78, 5) is 11.9. The third kappa shape index (κ3) is 4.47. The Kier molecular flexibility index (Phi) is 5.45. The number of hydrogen-bond donors (Lipinski definition) is 1. The van der Waals surface area contributed by atoms with E-state index >= 15 is 0 Å². The van der Waals surface area contributed by atoms with Crippen molar-refractivity contribution in [3.05, 3.63) is 88.7 Å². The lowest BCUT2D eigenvalue weighted by Crippen LogP contribution is -2.19. The minimum absolute atomic E-state index is 0.111. The smallest absolute Gasteiger partial charge is 0.244 e. The summed E-state index contributed by atoms with van der Waals surface area (Å²) in [5, 5.41) is 4.00. The van der Waals surface area contributed by atoms with E-state index in [2.05, 4.69) is 10.5 Å². The lowest BCUT2D eigenvalue weighted by atomic mass is 10.1. The molecule has 0 spiro atoms. The molecule has 2 aromatic carbocycles. The summed E-state index contributed by atoms with van der Waals surface area (Å²) >= 11 is 0. The van der Waals surface area contributed by atoms with Crippen LogP contribution in [0.25, 0.3) is 5.69 Å². The van der Waals surface area contributed by atoms with Crippen LogP contribution in [0.2, 0.25) is 0 Å². The Balaban J connectivity index is 1.69. The van der Waals surface area contributed by atoms with E-state index in [1.165, 1.54) is 24.3 Å². The van der Waals surface area contributed by atoms with E-state index in [9.17, 15) is 13.6 Å². The molecule has 0 unspecified atom stereocenters. The van der Waals surface area contributed by atoms with Gasteiger partial charge in [-0.2, -0.15) is 5.10 Å². The Morgan fingerprint density at radius 2 is 1.81 bits per heavy atom. The molecule has 1 aromatic heterocycles. The maximum atomic E-state index is 13.5. The Hall–Kier alpha value is -3.28. The zero-order valence-corrected chi connectivity index (χ0v) is 15.0. The molecule has 0 aliphatic rings. The molecule has 0 fully saturated rings. The van der Waals surface area contributed by atoms with Crippen molar-refractivity contribution in [2.24, 2.45) is 5.10 Å². The van der Waals surface area contributed by atoms with E-state index in [-0.39, 0.29) is 24.0 Å². The summed E-state index contributed by atoms with van der Waals surface area (Å²) < 4.78 is 28.3. The first-order chi connectivity index (χ1) is 12.9. The summed E-state index contributed by atoms with van der Waals surface area (Å²) in [6, 6.07) is 14.0. The molecule has 0 radical (unpaired) electrons. The Bertz CT molecular complexity index is 991. The molecule has 0 atom stereocenters. The molecule has 1 N–H and O–H groups in total. The van der Waals surface area contributed by atoms with E-state index in [4.69, 9.17) is 0 Å². The number of carbonyl (C=O) groups is 1. The molecule has 1 heterocycles. The number of hydrazone groups is 1. The fourth-order valence-electron chi connectivity index (χ4n) is 2.93. The van der Waals surface area contributed by atoms with Crippen LogP contribution < -0.4 is 5.43 Å². The maximum Gasteiger partial charge on any atom is 0.244 e. The number of halogens is 2. The van der Waals surface area contributed by atoms with Crippen molar-refractivity contribution < 1.29 is 13.6 Å². The summed E-state index contributed by atoms with van der Waals surface area (Å²) in [5.41, 5.74) is 6.53. The molecule has 0 aliphatic heterocycles. The SMILES string of the molecule is Cc1cc(/C=N/NC(=O)Cc2ccc(F)cc2)c(C)n1-c1cccc(F)c1. The number of nitrogens with one attached hydrogen (secondary N) is 1. The average molecular weight is 367 g/mol. The normalized spacial score (nSPS) is 11.1. The van der Waals surface area contributed by atoms with Gasteiger partial charge in [0.25, 0.3) is 0 Å². The van der Waals surface area contributed by atoms with Gasteiger partial charge < -0.3 is 4.57 Å². The van der Waals surface area contributed by atoms with Crippen LogP contribution in [0.1, 0.15) is 22.5 Å². The van der Waals surface area contributed by atoms with Gasteiger partial charge in [0.1, 0.15) is 11.6 Å². The molecule has 27 heavy (non-hydrogen) atoms. The van der Waals surface area contributed by atoms with Gasteiger partial charge in [0.15, 0.2) is 0 Å². The summed E-state index contributed by atoms with van der Waals surface area (Å²) in [7, 11) is 0. The highest BCUT2D eigenvalue weighted by molar-refractivity contribution is 5.84. The molecule has 3 rings (SSSR count). The largest absolute Gasteiger partial charge is 0.318 e. The Labute approximate surface area is 156 Å². The molecule has 0 saturated carbocycles. The molecule has 0 saturated heterocycles. The highest BCUT2D eigenvalue weighted by Crippen LogP contribution is 2.20. The second-order valence-electron chi connectivity index (χ2n) is 6.24. The second-order valence-corrected chi connectivity index (χ2v) is 6.24. The Morgan fingerprint density at radius 1 is 1.07 bits per heavy atom. The third-order valence-electron chi connectivity index (χ3n) is 4.21. The van der Waals surface area contributed by atoms with Gasteiger partial charge in [-0.25, -0.2) is 14.2 Å². The zero-order chi connectivity index (χ0) is 19.4. The molecule has 138 valence electrons. The van der Waals surface area contributed by atoms with Crippen LogP contribution in [0, 0.1) is 25.5 Å². The average Bonchev–Trinajstić information content (AvgIpc) is 2.91. The van der Waals surface area contributed by atoms with Crippen molar-refractivity contribution in [3.63, 3.8) is 0 Å². The standard InChI is InChI=1S/C21H19F2N3O/c1-14-10-17(15(2)26(14)20-5-3-4-19(23)12-20)13-24-25-21(27)11-16-6-8-18(22)9-7-16/h3-10,12-13H,11H2,1-2H3,(H,25,27)/b24-13+. The number of hydrogen-bond acceptors (Lipinski definition) is 2. The van der Waals surface area contributed by atoms with Crippen molar-refractivity contribution >= 4 is 12.1 Å². The van der Waals surface area contributed by atoms with Crippen molar-refractivity contribution in [3.8, 4) is 5.69 Å². The van der Waals surface area contributed by atoms with Crippen LogP contribution in [-0.2, 0) is 11.2 Å². The summed E-state index contributed by atoms with van der Waals surface area (Å²) in [6.07, 6.45) is 1.67. The molecular weight excluding hydrogens is 348 g/mol. The molecule has 4 nitrogen and oxygen atoms in total. The van der Waals surface area contributed by atoms with Crippen LogP contribution in [-0.4, -0.2) is 16.7 Å². The van der Waals surface area contributed by atoms with E-state index in [0.29, 0.717) is 5.56 Å². The van der Waals surface area contributed by atoms with Crippen LogP contribution in [0.5, 0.6) is 0 Å². The number of aryl methyl sites for hydroxylation is 1. The molecular formula is C21H19F2N3O. The van der Waals surface area contributed by atoms with E-state index in [1.807, 2.05) is 30.5 Å². The first kappa shape index (κ1) is 18.5. The second kappa shape index (κ2) is 7.95. The molecule has 1 amide bonds. The van der Waals surface area contributed by atoms with Crippen molar-refractivity contribution in [2.45, 2.75) is 20.3 Å². The minimum atomic E-state index is -0.342. The van der Waals surface area contributed by atoms with Gasteiger partial charge >= 0.3 is 0 Å². The quantitative estimate of drug-likeness (QED) is 0.536. The van der Waals surface area contributed by atoms with Crippen molar-refractivity contribution in [1.29, 1.82) is 0 Å². The highest BCUT2D eigenvalue weighted by atomic mass is 19.1. The van der Waals surface area contributed by atoms with E-state index < -0.39 is 0 Å². The first-order valence-electron chi connectivity index (χ1n) is 8.45. The van der Waals surface area contributed by atoms with Gasteiger partial charge in [-0.3, -0.25) is 4.79 Å². The monoisotopic (exact) mass is 367 g/mol.